The minimum Gasteiger partial charge on any atom is -0.207 e. The van der Waals surface area contributed by atoms with E-state index in [2.05, 4.69) is 6.92 Å². The first-order valence-corrected chi connectivity index (χ1v) is 9.38. The van der Waals surface area contributed by atoms with Crippen molar-refractivity contribution in [2.75, 3.05) is 0 Å². The molecule has 0 amide bonds. The Hall–Kier alpha value is -1.70. The molecule has 1 fully saturated rings. The summed E-state index contributed by atoms with van der Waals surface area (Å²) in [5.74, 6) is -0.269. The van der Waals surface area contributed by atoms with E-state index in [0.29, 0.717) is 5.92 Å². The lowest BCUT2D eigenvalue weighted by atomic mass is 9.78. The Morgan fingerprint density at radius 1 is 1.04 bits per heavy atom. The Bertz CT molecular complexity index is 845. The first kappa shape index (κ1) is 13.5. The largest absolute Gasteiger partial charge is 0.207 e. The molecular formula is C23H28F2. The van der Waals surface area contributed by atoms with Gasteiger partial charge in [-0.05, 0) is 54.0 Å². The first-order chi connectivity index (χ1) is 13.8. The van der Waals surface area contributed by atoms with Crippen LogP contribution in [0.1, 0.15) is 62.9 Å². The normalized spacial score (nSPS) is 22.8. The average molecular weight is 346 g/mol. The monoisotopic (exact) mass is 346 g/mol. The van der Waals surface area contributed by atoms with Crippen LogP contribution < -0.4 is 0 Å². The van der Waals surface area contributed by atoms with Crippen molar-refractivity contribution in [1.29, 1.82) is 0 Å². The molecular weight excluding hydrogens is 314 g/mol. The van der Waals surface area contributed by atoms with Gasteiger partial charge in [-0.2, -0.15) is 0 Å². The molecule has 25 heavy (non-hydrogen) atoms. The topological polar surface area (TPSA) is 0 Å². The molecule has 2 heteroatoms. The van der Waals surface area contributed by atoms with Gasteiger partial charge < -0.3 is 0 Å². The minimum atomic E-state index is -1.19. The van der Waals surface area contributed by atoms with Gasteiger partial charge in [0, 0.05) is 5.56 Å². The number of aryl methyl sites for hydroxylation is 1. The fraction of sp³-hybridized carbons (Fsp3) is 0.478. The van der Waals surface area contributed by atoms with Gasteiger partial charge in [0.1, 0.15) is 11.6 Å². The van der Waals surface area contributed by atoms with Crippen molar-refractivity contribution in [2.24, 2.45) is 11.8 Å². The van der Waals surface area contributed by atoms with Crippen LogP contribution >= 0.6 is 0 Å². The maximum Gasteiger partial charge on any atom is 0.131 e. The van der Waals surface area contributed by atoms with Crippen LogP contribution in [0.5, 0.6) is 0 Å². The Morgan fingerprint density at radius 3 is 2.44 bits per heavy atom. The quantitative estimate of drug-likeness (QED) is 0.520. The fourth-order valence-corrected chi connectivity index (χ4v) is 3.96. The molecule has 0 unspecified atom stereocenters. The molecule has 0 N–H and O–H groups in total. The van der Waals surface area contributed by atoms with Crippen LogP contribution in [0.3, 0.4) is 0 Å². The summed E-state index contributed by atoms with van der Waals surface area (Å²) in [5, 5.41) is 0. The van der Waals surface area contributed by atoms with E-state index < -0.39 is 35.8 Å². The Morgan fingerprint density at radius 2 is 1.76 bits per heavy atom. The van der Waals surface area contributed by atoms with Crippen molar-refractivity contribution >= 4 is 0 Å². The summed E-state index contributed by atoms with van der Waals surface area (Å²) in [6.07, 6.45) is 9.40. The zero-order chi connectivity index (χ0) is 21.1. The smallest absolute Gasteiger partial charge is 0.131 e. The van der Waals surface area contributed by atoms with Gasteiger partial charge in [0.05, 0.1) is 5.48 Å². The summed E-state index contributed by atoms with van der Waals surface area (Å²) in [5.41, 5.74) is 0.529. The Balaban J connectivity index is 1.72. The molecule has 0 spiro atoms. The van der Waals surface area contributed by atoms with Crippen molar-refractivity contribution in [3.8, 4) is 11.1 Å². The molecule has 0 nitrogen and oxygen atoms in total. The standard InChI is InChI=1S/C23H28F2/c1-2-4-17-7-9-18(10-8-17)11-12-19-13-14-22(23(25)15-19)20-5-3-6-21(24)16-20/h3,5-6,13-18H,2,4,7-12H2,1H3/i3D,5D,6D,16D. The maximum absolute atomic E-state index is 14.8. The maximum atomic E-state index is 14.8. The summed E-state index contributed by atoms with van der Waals surface area (Å²) < 4.78 is 59.8. The summed E-state index contributed by atoms with van der Waals surface area (Å²) in [4.78, 5) is 0. The molecule has 0 atom stereocenters. The van der Waals surface area contributed by atoms with Crippen LogP contribution in [-0.2, 0) is 6.42 Å². The summed E-state index contributed by atoms with van der Waals surface area (Å²) >= 11 is 0. The number of hydrogen-bond acceptors (Lipinski definition) is 0. The molecule has 0 radical (unpaired) electrons. The molecule has 0 saturated heterocycles. The third-order valence-corrected chi connectivity index (χ3v) is 5.40. The van der Waals surface area contributed by atoms with E-state index in [0.717, 1.165) is 24.3 Å². The first-order valence-electron chi connectivity index (χ1n) is 11.4. The van der Waals surface area contributed by atoms with Gasteiger partial charge in [-0.15, -0.1) is 0 Å². The highest BCUT2D eigenvalue weighted by molar-refractivity contribution is 5.64. The third-order valence-electron chi connectivity index (χ3n) is 5.40. The van der Waals surface area contributed by atoms with Crippen molar-refractivity contribution in [3.63, 3.8) is 0 Å². The van der Waals surface area contributed by atoms with Gasteiger partial charge in [0.15, 0.2) is 0 Å². The molecule has 0 aromatic heterocycles. The average Bonchev–Trinajstić information content (AvgIpc) is 2.72. The van der Waals surface area contributed by atoms with Crippen molar-refractivity contribution in [2.45, 2.75) is 58.3 Å². The molecule has 2 aromatic rings. The van der Waals surface area contributed by atoms with Gasteiger partial charge in [-0.1, -0.05) is 69.7 Å². The predicted octanol–water partition coefficient (Wildman–Crippen LogP) is 7.17. The van der Waals surface area contributed by atoms with E-state index in [4.69, 9.17) is 5.48 Å². The van der Waals surface area contributed by atoms with Gasteiger partial charge in [-0.25, -0.2) is 8.78 Å². The van der Waals surface area contributed by atoms with Crippen LogP contribution in [0.4, 0.5) is 8.78 Å². The van der Waals surface area contributed by atoms with Gasteiger partial charge in [0.2, 0.25) is 0 Å². The van der Waals surface area contributed by atoms with Crippen LogP contribution in [0.15, 0.2) is 42.4 Å². The summed E-state index contributed by atoms with van der Waals surface area (Å²) in [6.45, 7) is 2.23. The van der Waals surface area contributed by atoms with E-state index >= 15 is 0 Å². The third kappa shape index (κ3) is 4.90. The van der Waals surface area contributed by atoms with Crippen molar-refractivity contribution in [3.05, 3.63) is 59.6 Å². The highest BCUT2D eigenvalue weighted by Crippen LogP contribution is 2.34. The summed E-state index contributed by atoms with van der Waals surface area (Å²) in [7, 11) is 0. The lowest BCUT2D eigenvalue weighted by Crippen LogP contribution is -2.15. The zero-order valence-electron chi connectivity index (χ0n) is 18.8. The van der Waals surface area contributed by atoms with E-state index in [1.807, 2.05) is 0 Å². The van der Waals surface area contributed by atoms with Crippen molar-refractivity contribution < 1.29 is 14.3 Å². The molecule has 1 saturated carbocycles. The number of benzene rings is 2. The van der Waals surface area contributed by atoms with Gasteiger partial charge in [-0.3, -0.25) is 0 Å². The van der Waals surface area contributed by atoms with E-state index in [-0.39, 0.29) is 11.1 Å². The molecule has 0 bridgehead atoms. The second-order valence-corrected chi connectivity index (χ2v) is 7.22. The zero-order valence-corrected chi connectivity index (χ0v) is 14.8. The van der Waals surface area contributed by atoms with E-state index in [9.17, 15) is 8.78 Å². The number of halogens is 2. The molecule has 3 rings (SSSR count). The number of hydrogen-bond donors (Lipinski definition) is 0. The fourth-order valence-electron chi connectivity index (χ4n) is 3.96. The predicted molar refractivity (Wildman–Crippen MR) is 100 cm³/mol. The Labute approximate surface area is 155 Å². The lowest BCUT2D eigenvalue weighted by molar-refractivity contribution is 0.252. The minimum absolute atomic E-state index is 0.0591. The number of rotatable bonds is 6. The van der Waals surface area contributed by atoms with Crippen LogP contribution in [0, 0.1) is 23.5 Å². The highest BCUT2D eigenvalue weighted by Gasteiger charge is 2.20. The molecule has 134 valence electrons. The van der Waals surface area contributed by atoms with E-state index in [1.54, 1.807) is 6.07 Å². The molecule has 2 aromatic carbocycles. The SMILES string of the molecule is [2H]c1c([2H])c(F)c([2H])c(-c2ccc(CCC3CCC(CCC)CC3)cc2F)c1[2H]. The van der Waals surface area contributed by atoms with Gasteiger partial charge in [0.25, 0.3) is 0 Å². The van der Waals surface area contributed by atoms with Crippen LogP contribution in [0.2, 0.25) is 0 Å². The van der Waals surface area contributed by atoms with Crippen LogP contribution in [-0.4, -0.2) is 0 Å². The highest BCUT2D eigenvalue weighted by atomic mass is 19.1. The summed E-state index contributed by atoms with van der Waals surface area (Å²) in [6, 6.07) is 2.01. The second kappa shape index (κ2) is 8.60. The second-order valence-electron chi connectivity index (χ2n) is 7.22. The molecule has 0 aliphatic heterocycles. The lowest BCUT2D eigenvalue weighted by Gasteiger charge is -2.28. The van der Waals surface area contributed by atoms with Crippen LogP contribution in [0.25, 0.3) is 11.1 Å². The van der Waals surface area contributed by atoms with Crippen molar-refractivity contribution in [1.82, 2.24) is 0 Å². The van der Waals surface area contributed by atoms with E-state index in [1.165, 1.54) is 50.7 Å². The molecule has 0 heterocycles. The Kier molecular flexibility index (Phi) is 4.64. The molecule has 1 aliphatic carbocycles. The molecule has 1 aliphatic rings. The van der Waals surface area contributed by atoms with Gasteiger partial charge >= 0.3 is 0 Å².